The van der Waals surface area contributed by atoms with Crippen LogP contribution >= 0.6 is 0 Å². The molecular weight excluding hydrogens is 204 g/mol. The largest absolute Gasteiger partial charge is 0.381 e. The molecule has 4 nitrogen and oxygen atoms in total. The van der Waals surface area contributed by atoms with Crippen LogP contribution < -0.4 is 5.32 Å². The molecule has 2 atom stereocenters. The molecule has 0 aliphatic carbocycles. The van der Waals surface area contributed by atoms with Gasteiger partial charge in [0.15, 0.2) is 0 Å². The van der Waals surface area contributed by atoms with E-state index >= 15 is 0 Å². The van der Waals surface area contributed by atoms with Crippen LogP contribution in [0, 0.1) is 11.8 Å². The fourth-order valence-corrected chi connectivity index (χ4v) is 2.62. The molecule has 2 rings (SSSR count). The average Bonchev–Trinajstić information content (AvgIpc) is 2.83. The topological polar surface area (TPSA) is 41.6 Å². The molecule has 0 saturated carbocycles. The van der Waals surface area contributed by atoms with Gasteiger partial charge >= 0.3 is 0 Å². The Morgan fingerprint density at radius 3 is 2.62 bits per heavy atom. The highest BCUT2D eigenvalue weighted by Crippen LogP contribution is 2.26. The first kappa shape index (κ1) is 11.9. The zero-order valence-electron chi connectivity index (χ0n) is 10.1. The quantitative estimate of drug-likeness (QED) is 0.693. The number of hydrogen-bond donors (Lipinski definition) is 1. The molecule has 0 aromatic carbocycles. The molecule has 0 radical (unpaired) electrons. The van der Waals surface area contributed by atoms with Gasteiger partial charge in [0, 0.05) is 32.8 Å². The van der Waals surface area contributed by atoms with Crippen molar-refractivity contribution < 1.29 is 9.53 Å². The number of amides is 1. The lowest BCUT2D eigenvalue weighted by atomic mass is 10.0. The van der Waals surface area contributed by atoms with Gasteiger partial charge in [0.1, 0.15) is 0 Å². The first-order chi connectivity index (χ1) is 7.81. The Morgan fingerprint density at radius 1 is 1.31 bits per heavy atom. The minimum Gasteiger partial charge on any atom is -0.381 e. The summed E-state index contributed by atoms with van der Waals surface area (Å²) in [5.74, 6) is 1.66. The van der Waals surface area contributed by atoms with Gasteiger partial charge in [-0.05, 0) is 18.3 Å². The highest BCUT2D eigenvalue weighted by molar-refractivity contribution is 5.76. The summed E-state index contributed by atoms with van der Waals surface area (Å²) in [4.78, 5) is 13.9. The minimum atomic E-state index is 0.269. The zero-order valence-corrected chi connectivity index (χ0v) is 10.1. The van der Waals surface area contributed by atoms with Gasteiger partial charge in [0.05, 0.1) is 13.0 Å². The van der Waals surface area contributed by atoms with Crippen LogP contribution in [0.2, 0.25) is 0 Å². The second-order valence-electron chi connectivity index (χ2n) is 4.84. The van der Waals surface area contributed by atoms with Crippen molar-refractivity contribution in [1.29, 1.82) is 0 Å². The van der Waals surface area contributed by atoms with Crippen molar-refractivity contribution in [2.45, 2.75) is 19.8 Å². The van der Waals surface area contributed by atoms with Crippen LogP contribution in [0.25, 0.3) is 0 Å². The van der Waals surface area contributed by atoms with E-state index in [-0.39, 0.29) is 5.91 Å². The maximum absolute atomic E-state index is 11.9. The Kier molecular flexibility index (Phi) is 4.18. The van der Waals surface area contributed by atoms with Gasteiger partial charge in [-0.2, -0.15) is 0 Å². The van der Waals surface area contributed by atoms with E-state index in [4.69, 9.17) is 4.74 Å². The molecule has 0 aromatic heterocycles. The van der Waals surface area contributed by atoms with Crippen LogP contribution in [0.15, 0.2) is 0 Å². The fourth-order valence-electron chi connectivity index (χ4n) is 2.62. The van der Waals surface area contributed by atoms with Gasteiger partial charge < -0.3 is 15.0 Å². The molecule has 92 valence electrons. The number of nitrogens with zero attached hydrogens (tertiary/aromatic N) is 1. The van der Waals surface area contributed by atoms with E-state index in [0.29, 0.717) is 24.9 Å². The third-order valence-corrected chi connectivity index (χ3v) is 3.55. The maximum atomic E-state index is 11.9. The van der Waals surface area contributed by atoms with Gasteiger partial charge in [-0.3, -0.25) is 4.79 Å². The number of carbonyl (C=O) groups excluding carboxylic acids is 1. The lowest BCUT2D eigenvalue weighted by Gasteiger charge is -2.17. The molecule has 0 aromatic rings. The highest BCUT2D eigenvalue weighted by Gasteiger charge is 2.37. The number of rotatable bonds is 5. The van der Waals surface area contributed by atoms with Crippen molar-refractivity contribution in [2.24, 2.45) is 11.8 Å². The second-order valence-corrected chi connectivity index (χ2v) is 4.84. The normalized spacial score (nSPS) is 28.4. The summed E-state index contributed by atoms with van der Waals surface area (Å²) in [6, 6.07) is 0. The molecule has 1 amide bonds. The van der Waals surface area contributed by atoms with Gasteiger partial charge in [0.25, 0.3) is 0 Å². The Hall–Kier alpha value is -0.610. The minimum absolute atomic E-state index is 0.269. The molecule has 2 aliphatic heterocycles. The monoisotopic (exact) mass is 226 g/mol. The average molecular weight is 226 g/mol. The highest BCUT2D eigenvalue weighted by atomic mass is 16.5. The lowest BCUT2D eigenvalue weighted by molar-refractivity contribution is -0.131. The summed E-state index contributed by atoms with van der Waals surface area (Å²) in [6.07, 6.45) is 1.57. The van der Waals surface area contributed by atoms with E-state index in [1.165, 1.54) is 0 Å². The van der Waals surface area contributed by atoms with Crippen molar-refractivity contribution >= 4 is 5.91 Å². The number of fused-ring (bicyclic) bond motifs is 1. The summed E-state index contributed by atoms with van der Waals surface area (Å²) in [5.41, 5.74) is 0. The van der Waals surface area contributed by atoms with E-state index in [0.717, 1.165) is 39.2 Å². The van der Waals surface area contributed by atoms with Gasteiger partial charge in [0.2, 0.25) is 5.91 Å². The first-order valence-corrected chi connectivity index (χ1v) is 6.37. The summed E-state index contributed by atoms with van der Waals surface area (Å²) in [5, 5.41) is 3.38. The van der Waals surface area contributed by atoms with Crippen LogP contribution in [0.1, 0.15) is 19.8 Å². The molecule has 2 unspecified atom stereocenters. The number of carbonyl (C=O) groups is 1. The van der Waals surface area contributed by atoms with E-state index in [2.05, 4.69) is 12.2 Å². The standard InChI is InChI=1S/C12H22N2O2/c1-2-4-16-5-3-12(15)14-8-10-6-13-7-11(10)9-14/h10-11,13H,2-9H2,1H3. The number of nitrogens with one attached hydrogen (secondary N) is 1. The molecule has 0 spiro atoms. The molecule has 0 bridgehead atoms. The summed E-state index contributed by atoms with van der Waals surface area (Å²) >= 11 is 0. The Labute approximate surface area is 97.3 Å². The van der Waals surface area contributed by atoms with E-state index in [9.17, 15) is 4.79 Å². The third-order valence-electron chi connectivity index (χ3n) is 3.55. The van der Waals surface area contributed by atoms with Crippen molar-refractivity contribution in [1.82, 2.24) is 10.2 Å². The van der Waals surface area contributed by atoms with Crippen molar-refractivity contribution in [3.05, 3.63) is 0 Å². The maximum Gasteiger partial charge on any atom is 0.224 e. The van der Waals surface area contributed by atoms with E-state index in [1.807, 2.05) is 4.90 Å². The molecule has 1 N–H and O–H groups in total. The van der Waals surface area contributed by atoms with Crippen molar-refractivity contribution in [3.63, 3.8) is 0 Å². The lowest BCUT2D eigenvalue weighted by Crippen LogP contribution is -2.32. The van der Waals surface area contributed by atoms with Crippen molar-refractivity contribution in [3.8, 4) is 0 Å². The van der Waals surface area contributed by atoms with Crippen molar-refractivity contribution in [2.75, 3.05) is 39.4 Å². The molecule has 2 heterocycles. The third kappa shape index (κ3) is 2.74. The van der Waals surface area contributed by atoms with Crippen LogP contribution in [0.5, 0.6) is 0 Å². The molecule has 4 heteroatoms. The van der Waals surface area contributed by atoms with Crippen LogP contribution in [0.3, 0.4) is 0 Å². The summed E-state index contributed by atoms with van der Waals surface area (Å²) in [6.45, 7) is 7.49. The molecular formula is C12H22N2O2. The Balaban J connectivity index is 1.66. The SMILES string of the molecule is CCCOCCC(=O)N1CC2CNCC2C1. The van der Waals surface area contributed by atoms with E-state index < -0.39 is 0 Å². The predicted octanol–water partition coefficient (Wildman–Crippen LogP) is 0.481. The number of ether oxygens (including phenoxy) is 1. The number of hydrogen-bond acceptors (Lipinski definition) is 3. The predicted molar refractivity (Wildman–Crippen MR) is 62.2 cm³/mol. The van der Waals surface area contributed by atoms with Gasteiger partial charge in [-0.25, -0.2) is 0 Å². The number of likely N-dealkylation sites (tertiary alicyclic amines) is 1. The van der Waals surface area contributed by atoms with E-state index in [1.54, 1.807) is 0 Å². The molecule has 2 fully saturated rings. The second kappa shape index (κ2) is 5.64. The smallest absolute Gasteiger partial charge is 0.224 e. The summed E-state index contributed by atoms with van der Waals surface area (Å²) in [7, 11) is 0. The molecule has 2 aliphatic rings. The first-order valence-electron chi connectivity index (χ1n) is 6.37. The van der Waals surface area contributed by atoms with Gasteiger partial charge in [-0.15, -0.1) is 0 Å². The summed E-state index contributed by atoms with van der Waals surface area (Å²) < 4.78 is 5.35. The van der Waals surface area contributed by atoms with Gasteiger partial charge in [-0.1, -0.05) is 6.92 Å². The zero-order chi connectivity index (χ0) is 11.4. The fraction of sp³-hybridized carbons (Fsp3) is 0.917. The Morgan fingerprint density at radius 2 is 2.00 bits per heavy atom. The van der Waals surface area contributed by atoms with Crippen LogP contribution in [-0.4, -0.2) is 50.2 Å². The Bertz CT molecular complexity index is 233. The van der Waals surface area contributed by atoms with Crippen LogP contribution in [-0.2, 0) is 9.53 Å². The molecule has 2 saturated heterocycles. The molecule has 16 heavy (non-hydrogen) atoms. The van der Waals surface area contributed by atoms with Crippen LogP contribution in [0.4, 0.5) is 0 Å².